The fourth-order valence-electron chi connectivity index (χ4n) is 4.11. The topological polar surface area (TPSA) is 87.7 Å². The summed E-state index contributed by atoms with van der Waals surface area (Å²) in [6, 6.07) is 23.1. The molecule has 4 aromatic rings. The van der Waals surface area contributed by atoms with E-state index >= 15 is 0 Å². The smallest absolute Gasteiger partial charge is 0.336 e. The Kier molecular flexibility index (Phi) is 7.48. The van der Waals surface area contributed by atoms with E-state index in [-0.39, 0.29) is 11.0 Å². The van der Waals surface area contributed by atoms with Crippen molar-refractivity contribution in [2.45, 2.75) is 33.1 Å². The Balaban J connectivity index is 1.77. The molecule has 0 saturated carbocycles. The van der Waals surface area contributed by atoms with Crippen LogP contribution in [0, 0.1) is 12.7 Å². The number of para-hydroxylation sites is 2. The molecule has 0 fully saturated rings. The summed E-state index contributed by atoms with van der Waals surface area (Å²) in [5.74, 6) is -0.918. The van der Waals surface area contributed by atoms with Gasteiger partial charge < -0.3 is 20.5 Å². The number of nitrogens with one attached hydrogen (secondary N) is 2. The van der Waals surface area contributed by atoms with E-state index in [1.807, 2.05) is 49.4 Å². The van der Waals surface area contributed by atoms with Gasteiger partial charge in [-0.15, -0.1) is 0 Å². The summed E-state index contributed by atoms with van der Waals surface area (Å²) in [6.07, 6.45) is 0. The number of carbonyl (C=O) groups is 2. The number of benzene rings is 4. The number of halogens is 1. The number of aromatic carboxylic acids is 1. The molecule has 38 heavy (non-hydrogen) atoms. The molecule has 4 rings (SSSR count). The number of anilines is 2. The monoisotopic (exact) mass is 512 g/mol. The maximum absolute atomic E-state index is 13.8. The van der Waals surface area contributed by atoms with Crippen LogP contribution in [0.25, 0.3) is 11.1 Å². The second-order valence-corrected chi connectivity index (χ2v) is 9.95. The SMILES string of the molecule is Cc1ccccc1NC(=O)Nc1cc(-c2ccc(F)cc2C(=O)O)ccc1Oc1ccccc1C(C)(C)C. The van der Waals surface area contributed by atoms with Gasteiger partial charge in [0.1, 0.15) is 11.6 Å². The van der Waals surface area contributed by atoms with Gasteiger partial charge in [-0.2, -0.15) is 0 Å². The first-order valence-corrected chi connectivity index (χ1v) is 12.1. The second-order valence-electron chi connectivity index (χ2n) is 9.95. The molecule has 0 aliphatic heterocycles. The minimum atomic E-state index is -1.26. The number of ether oxygens (including phenoxy) is 1. The lowest BCUT2D eigenvalue weighted by molar-refractivity contribution is 0.0697. The number of carboxylic acid groups (broad SMARTS) is 1. The number of rotatable bonds is 6. The third-order valence-electron chi connectivity index (χ3n) is 6.06. The molecule has 4 aromatic carbocycles. The Hall–Kier alpha value is -4.65. The third kappa shape index (κ3) is 6.00. The number of hydrogen-bond donors (Lipinski definition) is 3. The predicted molar refractivity (Wildman–Crippen MR) is 148 cm³/mol. The van der Waals surface area contributed by atoms with E-state index in [4.69, 9.17) is 4.74 Å². The van der Waals surface area contributed by atoms with Gasteiger partial charge in [0.15, 0.2) is 5.75 Å². The van der Waals surface area contributed by atoms with Crippen LogP contribution in [0.5, 0.6) is 11.5 Å². The van der Waals surface area contributed by atoms with Gasteiger partial charge in [0.2, 0.25) is 0 Å². The Morgan fingerprint density at radius 3 is 2.21 bits per heavy atom. The van der Waals surface area contributed by atoms with Gasteiger partial charge in [-0.05, 0) is 65.4 Å². The summed E-state index contributed by atoms with van der Waals surface area (Å²) in [5, 5.41) is 15.3. The van der Waals surface area contributed by atoms with Crippen molar-refractivity contribution in [3.05, 3.63) is 107 Å². The molecule has 2 amide bonds. The number of amides is 2. The minimum Gasteiger partial charge on any atom is -0.478 e. The summed E-state index contributed by atoms with van der Waals surface area (Å²) < 4.78 is 20.1. The van der Waals surface area contributed by atoms with Gasteiger partial charge in [-0.3, -0.25) is 0 Å². The van der Waals surface area contributed by atoms with E-state index in [9.17, 15) is 19.1 Å². The van der Waals surface area contributed by atoms with Crippen molar-refractivity contribution in [1.29, 1.82) is 0 Å². The van der Waals surface area contributed by atoms with Crippen molar-refractivity contribution >= 4 is 23.4 Å². The maximum Gasteiger partial charge on any atom is 0.336 e. The van der Waals surface area contributed by atoms with Gasteiger partial charge in [0.25, 0.3) is 0 Å². The van der Waals surface area contributed by atoms with E-state index in [2.05, 4.69) is 31.4 Å². The van der Waals surface area contributed by atoms with Crippen LogP contribution in [0.2, 0.25) is 0 Å². The molecule has 0 aliphatic carbocycles. The Labute approximate surface area is 221 Å². The van der Waals surface area contributed by atoms with Crippen LogP contribution in [0.1, 0.15) is 42.3 Å². The summed E-state index contributed by atoms with van der Waals surface area (Å²) in [7, 11) is 0. The van der Waals surface area contributed by atoms with Crippen LogP contribution >= 0.6 is 0 Å². The largest absolute Gasteiger partial charge is 0.478 e. The molecule has 194 valence electrons. The molecule has 0 aromatic heterocycles. The molecule has 0 heterocycles. The zero-order chi connectivity index (χ0) is 27.4. The molecular formula is C31H29FN2O4. The lowest BCUT2D eigenvalue weighted by Crippen LogP contribution is -2.20. The molecule has 7 heteroatoms. The predicted octanol–water partition coefficient (Wildman–Crippen LogP) is 8.23. The zero-order valence-corrected chi connectivity index (χ0v) is 21.6. The first-order valence-electron chi connectivity index (χ1n) is 12.1. The van der Waals surface area contributed by atoms with Gasteiger partial charge in [-0.1, -0.05) is 69.3 Å². The minimum absolute atomic E-state index is 0.188. The van der Waals surface area contributed by atoms with E-state index in [0.717, 1.165) is 17.2 Å². The summed E-state index contributed by atoms with van der Waals surface area (Å²) >= 11 is 0. The summed E-state index contributed by atoms with van der Waals surface area (Å²) in [5.41, 5.74) is 3.23. The Bertz CT molecular complexity index is 1510. The quantitative estimate of drug-likeness (QED) is 0.243. The van der Waals surface area contributed by atoms with Gasteiger partial charge in [-0.25, -0.2) is 14.0 Å². The number of urea groups is 1. The fourth-order valence-corrected chi connectivity index (χ4v) is 4.11. The van der Waals surface area contributed by atoms with E-state index in [0.29, 0.717) is 34.0 Å². The Morgan fingerprint density at radius 2 is 1.50 bits per heavy atom. The molecule has 0 aliphatic rings. The van der Waals surface area contributed by atoms with Crippen LogP contribution in [0.4, 0.5) is 20.6 Å². The molecule has 0 bridgehead atoms. The van der Waals surface area contributed by atoms with Gasteiger partial charge in [0, 0.05) is 11.3 Å². The van der Waals surface area contributed by atoms with Crippen LogP contribution in [-0.2, 0) is 5.41 Å². The molecule has 3 N–H and O–H groups in total. The van der Waals surface area contributed by atoms with Crippen LogP contribution in [0.15, 0.2) is 84.9 Å². The highest BCUT2D eigenvalue weighted by molar-refractivity contribution is 6.02. The molecule has 0 unspecified atom stereocenters. The highest BCUT2D eigenvalue weighted by Gasteiger charge is 2.21. The molecular weight excluding hydrogens is 483 g/mol. The van der Waals surface area contributed by atoms with E-state index in [1.165, 1.54) is 12.1 Å². The van der Waals surface area contributed by atoms with E-state index in [1.54, 1.807) is 24.3 Å². The van der Waals surface area contributed by atoms with Crippen LogP contribution in [0.3, 0.4) is 0 Å². The average Bonchev–Trinajstić information content (AvgIpc) is 2.86. The van der Waals surface area contributed by atoms with Gasteiger partial charge >= 0.3 is 12.0 Å². The standard InChI is InChI=1S/C31H29FN2O4/c1-19-9-5-7-11-25(19)33-30(37)34-26-17-20(22-15-14-21(32)18-23(22)29(35)36)13-16-28(26)38-27-12-8-6-10-24(27)31(2,3)4/h5-18H,1-4H3,(H,35,36)(H2,33,34,37). The molecule has 6 nitrogen and oxygen atoms in total. The van der Waals surface area contributed by atoms with Crippen molar-refractivity contribution in [3.63, 3.8) is 0 Å². The van der Waals surface area contributed by atoms with E-state index < -0.39 is 17.8 Å². The molecule has 0 saturated heterocycles. The highest BCUT2D eigenvalue weighted by atomic mass is 19.1. The zero-order valence-electron chi connectivity index (χ0n) is 21.6. The molecule has 0 spiro atoms. The fraction of sp³-hybridized carbons (Fsp3) is 0.161. The summed E-state index contributed by atoms with van der Waals surface area (Å²) in [6.45, 7) is 8.12. The van der Waals surface area contributed by atoms with Crippen molar-refractivity contribution < 1.29 is 23.8 Å². The second kappa shape index (κ2) is 10.8. The number of carboxylic acids is 1. The lowest BCUT2D eigenvalue weighted by Gasteiger charge is -2.23. The number of hydrogen-bond acceptors (Lipinski definition) is 3. The maximum atomic E-state index is 13.8. The Morgan fingerprint density at radius 1 is 0.816 bits per heavy atom. The highest BCUT2D eigenvalue weighted by Crippen LogP contribution is 2.39. The normalized spacial score (nSPS) is 11.1. The van der Waals surface area contributed by atoms with Crippen molar-refractivity contribution in [2.24, 2.45) is 0 Å². The molecule has 0 atom stereocenters. The van der Waals surface area contributed by atoms with Crippen molar-refractivity contribution in [2.75, 3.05) is 10.6 Å². The first-order chi connectivity index (χ1) is 18.0. The lowest BCUT2D eigenvalue weighted by atomic mass is 9.86. The average molecular weight is 513 g/mol. The number of aryl methyl sites for hydroxylation is 1. The van der Waals surface area contributed by atoms with Crippen LogP contribution in [-0.4, -0.2) is 17.1 Å². The third-order valence-corrected chi connectivity index (χ3v) is 6.06. The first kappa shape index (κ1) is 26.4. The molecule has 0 radical (unpaired) electrons. The van der Waals surface area contributed by atoms with Crippen molar-refractivity contribution in [1.82, 2.24) is 0 Å². The van der Waals surface area contributed by atoms with Crippen molar-refractivity contribution in [3.8, 4) is 22.6 Å². The van der Waals surface area contributed by atoms with Crippen LogP contribution < -0.4 is 15.4 Å². The number of carbonyl (C=O) groups excluding carboxylic acids is 1. The van der Waals surface area contributed by atoms with Gasteiger partial charge in [0.05, 0.1) is 11.3 Å². The summed E-state index contributed by atoms with van der Waals surface area (Å²) in [4.78, 5) is 24.8.